The minimum Gasteiger partial charge on any atom is -0.407 e. The number of nitrogens with zero attached hydrogens (tertiary/aromatic N) is 3. The number of alkyl halides is 1. The smallest absolute Gasteiger partial charge is 0.318 e. The van der Waals surface area contributed by atoms with E-state index in [4.69, 9.17) is 16.0 Å². The topological polar surface area (TPSA) is 42.2 Å². The van der Waals surface area contributed by atoms with Gasteiger partial charge in [0.1, 0.15) is 5.88 Å². The van der Waals surface area contributed by atoms with Crippen LogP contribution in [0.15, 0.2) is 33.2 Å². The van der Waals surface area contributed by atoms with E-state index in [0.717, 1.165) is 4.47 Å². The van der Waals surface area contributed by atoms with Gasteiger partial charge in [0.2, 0.25) is 5.89 Å². The Bertz CT molecular complexity index is 486. The van der Waals surface area contributed by atoms with Gasteiger partial charge in [-0.15, -0.1) is 16.7 Å². The number of rotatable bonds is 4. The third-order valence-electron chi connectivity index (χ3n) is 2.23. The Morgan fingerprint density at radius 2 is 2.00 bits per heavy atom. The van der Waals surface area contributed by atoms with Crippen LogP contribution in [0.2, 0.25) is 0 Å². The third kappa shape index (κ3) is 3.20. The van der Waals surface area contributed by atoms with Crippen molar-refractivity contribution in [2.75, 3.05) is 11.9 Å². The molecule has 0 spiro atoms. The normalized spacial score (nSPS) is 10.5. The zero-order valence-corrected chi connectivity index (χ0v) is 11.6. The van der Waals surface area contributed by atoms with Crippen LogP contribution in [-0.4, -0.2) is 17.2 Å². The van der Waals surface area contributed by atoms with Crippen molar-refractivity contribution in [3.63, 3.8) is 0 Å². The maximum atomic E-state index is 5.60. The Labute approximate surface area is 113 Å². The number of anilines is 1. The van der Waals surface area contributed by atoms with Crippen LogP contribution in [0.3, 0.4) is 0 Å². The first-order chi connectivity index (χ1) is 8.19. The summed E-state index contributed by atoms with van der Waals surface area (Å²) in [5.41, 5.74) is 1.17. The molecule has 0 aliphatic heterocycles. The molecule has 0 N–H and O–H groups in total. The van der Waals surface area contributed by atoms with E-state index >= 15 is 0 Å². The molecule has 0 unspecified atom stereocenters. The van der Waals surface area contributed by atoms with Gasteiger partial charge in [-0.3, -0.25) is 0 Å². The molecular formula is C11H11BrClN3O. The number of aromatic nitrogens is 2. The van der Waals surface area contributed by atoms with Crippen LogP contribution in [0.5, 0.6) is 0 Å². The lowest BCUT2D eigenvalue weighted by Gasteiger charge is -2.13. The molecule has 0 saturated heterocycles. The third-order valence-corrected chi connectivity index (χ3v) is 2.99. The molecule has 1 aromatic heterocycles. The van der Waals surface area contributed by atoms with E-state index in [1.54, 1.807) is 0 Å². The SMILES string of the molecule is CN(Cc1ccc(Br)cc1)c1nnc(CCl)o1. The Morgan fingerprint density at radius 3 is 2.59 bits per heavy atom. The molecule has 0 amide bonds. The molecule has 2 aromatic rings. The Kier molecular flexibility index (Phi) is 4.02. The fourth-order valence-corrected chi connectivity index (χ4v) is 1.76. The van der Waals surface area contributed by atoms with Crippen LogP contribution in [0, 0.1) is 0 Å². The summed E-state index contributed by atoms with van der Waals surface area (Å²) in [6, 6.07) is 8.56. The van der Waals surface area contributed by atoms with Gasteiger partial charge < -0.3 is 9.32 Å². The lowest BCUT2D eigenvalue weighted by molar-refractivity contribution is 0.506. The average molecular weight is 317 g/mol. The lowest BCUT2D eigenvalue weighted by Crippen LogP contribution is -2.16. The van der Waals surface area contributed by atoms with Gasteiger partial charge in [0.15, 0.2) is 0 Å². The van der Waals surface area contributed by atoms with Crippen molar-refractivity contribution in [1.29, 1.82) is 0 Å². The molecule has 0 aliphatic carbocycles. The van der Waals surface area contributed by atoms with Crippen molar-refractivity contribution < 1.29 is 4.42 Å². The quantitative estimate of drug-likeness (QED) is 0.812. The molecular weight excluding hydrogens is 305 g/mol. The van der Waals surface area contributed by atoms with E-state index in [9.17, 15) is 0 Å². The van der Waals surface area contributed by atoms with Gasteiger partial charge in [-0.1, -0.05) is 33.2 Å². The second-order valence-corrected chi connectivity index (χ2v) is 4.78. The zero-order valence-electron chi connectivity index (χ0n) is 9.23. The van der Waals surface area contributed by atoms with Gasteiger partial charge >= 0.3 is 6.01 Å². The lowest BCUT2D eigenvalue weighted by atomic mass is 10.2. The first-order valence-corrected chi connectivity index (χ1v) is 6.35. The highest BCUT2D eigenvalue weighted by Gasteiger charge is 2.10. The maximum absolute atomic E-state index is 5.60. The van der Waals surface area contributed by atoms with Crippen molar-refractivity contribution in [2.45, 2.75) is 12.4 Å². The molecule has 17 heavy (non-hydrogen) atoms. The highest BCUT2D eigenvalue weighted by molar-refractivity contribution is 9.10. The van der Waals surface area contributed by atoms with Crippen molar-refractivity contribution in [2.24, 2.45) is 0 Å². The highest BCUT2D eigenvalue weighted by Crippen LogP contribution is 2.16. The van der Waals surface area contributed by atoms with E-state index in [1.807, 2.05) is 36.2 Å². The van der Waals surface area contributed by atoms with E-state index < -0.39 is 0 Å². The summed E-state index contributed by atoms with van der Waals surface area (Å²) >= 11 is 9.00. The highest BCUT2D eigenvalue weighted by atomic mass is 79.9. The van der Waals surface area contributed by atoms with E-state index in [1.165, 1.54) is 5.56 Å². The van der Waals surface area contributed by atoms with Gasteiger partial charge in [-0.2, -0.15) is 0 Å². The fourth-order valence-electron chi connectivity index (χ4n) is 1.38. The molecule has 0 aliphatic rings. The van der Waals surface area contributed by atoms with Crippen molar-refractivity contribution >= 4 is 33.5 Å². The van der Waals surface area contributed by atoms with Gasteiger partial charge in [0, 0.05) is 18.1 Å². The summed E-state index contributed by atoms with van der Waals surface area (Å²) in [4.78, 5) is 1.88. The first kappa shape index (κ1) is 12.4. The number of halogens is 2. The zero-order chi connectivity index (χ0) is 12.3. The standard InChI is InChI=1S/C11H11BrClN3O/c1-16(11-15-14-10(6-13)17-11)7-8-2-4-9(12)5-3-8/h2-5H,6-7H2,1H3. The summed E-state index contributed by atoms with van der Waals surface area (Å²) in [5, 5.41) is 7.73. The van der Waals surface area contributed by atoms with Crippen LogP contribution in [-0.2, 0) is 12.4 Å². The molecule has 4 nitrogen and oxygen atoms in total. The molecule has 0 fully saturated rings. The van der Waals surface area contributed by atoms with E-state index in [0.29, 0.717) is 18.5 Å². The molecule has 0 radical (unpaired) electrons. The molecule has 1 heterocycles. The maximum Gasteiger partial charge on any atom is 0.318 e. The van der Waals surface area contributed by atoms with Crippen LogP contribution in [0.25, 0.3) is 0 Å². The van der Waals surface area contributed by atoms with Crippen LogP contribution < -0.4 is 4.90 Å². The van der Waals surface area contributed by atoms with Gasteiger partial charge in [0.25, 0.3) is 0 Å². The van der Waals surface area contributed by atoms with Gasteiger partial charge in [-0.25, -0.2) is 0 Å². The molecule has 0 saturated carbocycles. The molecule has 2 rings (SSSR count). The van der Waals surface area contributed by atoms with Crippen molar-refractivity contribution in [1.82, 2.24) is 10.2 Å². The molecule has 6 heteroatoms. The first-order valence-electron chi connectivity index (χ1n) is 5.03. The predicted octanol–water partition coefficient (Wildman–Crippen LogP) is 3.21. The monoisotopic (exact) mass is 315 g/mol. The number of hydrogen-bond acceptors (Lipinski definition) is 4. The Hall–Kier alpha value is -1.07. The largest absolute Gasteiger partial charge is 0.407 e. The molecule has 90 valence electrons. The second-order valence-electron chi connectivity index (χ2n) is 3.59. The average Bonchev–Trinajstić information content (AvgIpc) is 2.81. The van der Waals surface area contributed by atoms with Crippen LogP contribution >= 0.6 is 27.5 Å². The van der Waals surface area contributed by atoms with E-state index in [-0.39, 0.29) is 5.88 Å². The molecule has 0 atom stereocenters. The number of hydrogen-bond donors (Lipinski definition) is 0. The predicted molar refractivity (Wildman–Crippen MR) is 70.1 cm³/mol. The van der Waals surface area contributed by atoms with Crippen molar-refractivity contribution in [3.8, 4) is 0 Å². The van der Waals surface area contributed by atoms with Crippen molar-refractivity contribution in [3.05, 3.63) is 40.2 Å². The van der Waals surface area contributed by atoms with Gasteiger partial charge in [-0.05, 0) is 17.7 Å². The summed E-state index contributed by atoms with van der Waals surface area (Å²) in [6.45, 7) is 0.706. The molecule has 0 bridgehead atoms. The minimum atomic E-state index is 0.235. The second kappa shape index (κ2) is 5.51. The summed E-state index contributed by atoms with van der Waals surface area (Å²) in [5.74, 6) is 0.670. The fraction of sp³-hybridized carbons (Fsp3) is 0.273. The summed E-state index contributed by atoms with van der Waals surface area (Å²) in [7, 11) is 1.90. The summed E-state index contributed by atoms with van der Waals surface area (Å²) in [6.07, 6.45) is 0. The molecule has 1 aromatic carbocycles. The number of benzene rings is 1. The Morgan fingerprint density at radius 1 is 1.29 bits per heavy atom. The summed E-state index contributed by atoms with van der Waals surface area (Å²) < 4.78 is 6.41. The minimum absolute atomic E-state index is 0.235. The van der Waals surface area contributed by atoms with Gasteiger partial charge in [0.05, 0.1) is 0 Å². The van der Waals surface area contributed by atoms with E-state index in [2.05, 4.69) is 26.1 Å². The van der Waals surface area contributed by atoms with Crippen LogP contribution in [0.1, 0.15) is 11.5 Å². The van der Waals surface area contributed by atoms with Crippen LogP contribution in [0.4, 0.5) is 6.01 Å². The Balaban J connectivity index is 2.05.